The number of nitrogens with two attached hydrogens (primary N) is 2. The predicted molar refractivity (Wildman–Crippen MR) is 106 cm³/mol. The number of benzene rings is 1. The molecule has 0 bridgehead atoms. The first kappa shape index (κ1) is 18.0. The maximum atomic E-state index is 6.41. The average molecular weight is 360 g/mol. The lowest BCUT2D eigenvalue weighted by molar-refractivity contribution is 0.180. The van der Waals surface area contributed by atoms with Gasteiger partial charge in [-0.2, -0.15) is 0 Å². The second-order valence-corrected chi connectivity index (χ2v) is 8.25. The summed E-state index contributed by atoms with van der Waals surface area (Å²) in [6.45, 7) is 6.86. The zero-order valence-corrected chi connectivity index (χ0v) is 16.2. The van der Waals surface area contributed by atoms with E-state index in [4.69, 9.17) is 16.3 Å². The van der Waals surface area contributed by atoms with Gasteiger partial charge in [-0.25, -0.2) is 5.01 Å². The molecule has 4 N–H and O–H groups in total. The summed E-state index contributed by atoms with van der Waals surface area (Å²) in [5, 5.41) is 1.93. The number of rotatable bonds is 6. The third kappa shape index (κ3) is 3.43. The Morgan fingerprint density at radius 1 is 1.27 bits per heavy atom. The molecule has 1 aliphatic carbocycles. The van der Waals surface area contributed by atoms with Gasteiger partial charge in [0.2, 0.25) is 0 Å². The zero-order valence-electron chi connectivity index (χ0n) is 16.2. The minimum atomic E-state index is 0.228. The molecule has 2 aliphatic heterocycles. The second kappa shape index (κ2) is 7.35. The molecule has 1 saturated heterocycles. The Labute approximate surface area is 157 Å². The molecule has 144 valence electrons. The number of nitrogens with zero attached hydrogens (tertiary/aromatic N) is 3. The summed E-state index contributed by atoms with van der Waals surface area (Å²) in [6, 6.07) is 5.47. The van der Waals surface area contributed by atoms with Gasteiger partial charge in [-0.05, 0) is 55.7 Å². The van der Waals surface area contributed by atoms with Crippen LogP contribution in [0.3, 0.4) is 0 Å². The Kier molecular flexibility index (Phi) is 5.10. The van der Waals surface area contributed by atoms with E-state index in [1.165, 1.54) is 41.8 Å². The molecular formula is C20H33N5O. The fourth-order valence-electron chi connectivity index (χ4n) is 4.68. The Morgan fingerprint density at radius 3 is 2.81 bits per heavy atom. The lowest BCUT2D eigenvalue weighted by atomic mass is 9.97. The Balaban J connectivity index is 1.54. The number of methoxy groups -OCH3 is 1. The van der Waals surface area contributed by atoms with E-state index in [9.17, 15) is 0 Å². The van der Waals surface area contributed by atoms with Crippen molar-refractivity contribution in [3.63, 3.8) is 0 Å². The molecule has 1 aromatic carbocycles. The van der Waals surface area contributed by atoms with E-state index in [0.717, 1.165) is 39.3 Å². The van der Waals surface area contributed by atoms with Crippen molar-refractivity contribution in [2.45, 2.75) is 51.2 Å². The van der Waals surface area contributed by atoms with Crippen molar-refractivity contribution in [3.8, 4) is 0 Å². The van der Waals surface area contributed by atoms with Crippen LogP contribution >= 0.6 is 0 Å². The normalized spacial score (nSPS) is 24.8. The first-order valence-electron chi connectivity index (χ1n) is 9.96. The van der Waals surface area contributed by atoms with Crippen LogP contribution in [0.2, 0.25) is 0 Å². The first-order chi connectivity index (χ1) is 12.6. The molecule has 2 heterocycles. The summed E-state index contributed by atoms with van der Waals surface area (Å²) in [5.74, 6) is 6.72. The standard InChI is InChI=1S/C20H33N5O/c1-14-19(23-9-7-15(11-23)18(21)8-10-26-2)6-3-16-12-24(22)13-25(20(14)16)17-4-5-17/h3,6,15,17-18H,4-5,7-13,21-22H2,1-2H3/t15-,18+/m1/s1. The highest BCUT2D eigenvalue weighted by molar-refractivity contribution is 5.72. The third-order valence-electron chi connectivity index (χ3n) is 6.29. The molecule has 2 atom stereocenters. The van der Waals surface area contributed by atoms with E-state index in [0.29, 0.717) is 12.0 Å². The van der Waals surface area contributed by atoms with Crippen LogP contribution in [0, 0.1) is 12.8 Å². The molecule has 4 rings (SSSR count). The van der Waals surface area contributed by atoms with Gasteiger partial charge >= 0.3 is 0 Å². The molecule has 0 spiro atoms. The van der Waals surface area contributed by atoms with Gasteiger partial charge in [0.1, 0.15) is 0 Å². The summed E-state index contributed by atoms with van der Waals surface area (Å²) in [6.07, 6.45) is 4.69. The molecule has 0 amide bonds. The number of fused-ring (bicyclic) bond motifs is 1. The maximum Gasteiger partial charge on any atom is 0.0843 e. The number of ether oxygens (including phenoxy) is 1. The molecule has 0 unspecified atom stereocenters. The number of hydrogen-bond donors (Lipinski definition) is 2. The van der Waals surface area contributed by atoms with Crippen molar-refractivity contribution in [2.75, 3.05) is 43.3 Å². The smallest absolute Gasteiger partial charge is 0.0843 e. The minimum Gasteiger partial charge on any atom is -0.385 e. The summed E-state index contributed by atoms with van der Waals surface area (Å²) < 4.78 is 5.20. The SMILES string of the molecule is COCC[C@H](N)[C@@H]1CCN(c2ccc3c(c2C)N(C2CC2)CN(N)C3)C1. The van der Waals surface area contributed by atoms with Crippen molar-refractivity contribution in [3.05, 3.63) is 23.3 Å². The molecule has 26 heavy (non-hydrogen) atoms. The minimum absolute atomic E-state index is 0.228. The monoisotopic (exact) mass is 359 g/mol. The quantitative estimate of drug-likeness (QED) is 0.755. The van der Waals surface area contributed by atoms with E-state index < -0.39 is 0 Å². The Bertz CT molecular complexity index is 647. The fourth-order valence-corrected chi connectivity index (χ4v) is 4.68. The predicted octanol–water partition coefficient (Wildman–Crippen LogP) is 1.80. The molecule has 6 heteroatoms. The summed E-state index contributed by atoms with van der Waals surface area (Å²) >= 11 is 0. The molecule has 0 radical (unpaired) electrons. The fraction of sp³-hybridized carbons (Fsp3) is 0.700. The summed E-state index contributed by atoms with van der Waals surface area (Å²) in [7, 11) is 1.75. The highest BCUT2D eigenvalue weighted by atomic mass is 16.5. The Hall–Kier alpha value is -1.34. The van der Waals surface area contributed by atoms with Gasteiger partial charge in [-0.15, -0.1) is 0 Å². The number of anilines is 2. The van der Waals surface area contributed by atoms with E-state index in [2.05, 4.69) is 28.9 Å². The van der Waals surface area contributed by atoms with Crippen molar-refractivity contribution >= 4 is 11.4 Å². The molecule has 1 saturated carbocycles. The molecule has 3 aliphatic rings. The highest BCUT2D eigenvalue weighted by Crippen LogP contribution is 2.42. The van der Waals surface area contributed by atoms with Crippen LogP contribution in [0.4, 0.5) is 11.4 Å². The molecular weight excluding hydrogens is 326 g/mol. The van der Waals surface area contributed by atoms with E-state index in [1.54, 1.807) is 7.11 Å². The van der Waals surface area contributed by atoms with Gasteiger partial charge in [-0.1, -0.05) is 6.07 Å². The highest BCUT2D eigenvalue weighted by Gasteiger charge is 2.36. The molecule has 0 aromatic heterocycles. The topological polar surface area (TPSA) is 71.0 Å². The van der Waals surface area contributed by atoms with Crippen molar-refractivity contribution < 1.29 is 4.74 Å². The van der Waals surface area contributed by atoms with Crippen LogP contribution in [0.1, 0.15) is 36.8 Å². The summed E-state index contributed by atoms with van der Waals surface area (Å²) in [5.41, 5.74) is 12.0. The van der Waals surface area contributed by atoms with E-state index >= 15 is 0 Å². The van der Waals surface area contributed by atoms with Crippen LogP contribution < -0.4 is 21.4 Å². The van der Waals surface area contributed by atoms with Gasteiger partial charge in [0, 0.05) is 56.8 Å². The first-order valence-corrected chi connectivity index (χ1v) is 9.96. The average Bonchev–Trinajstić information content (AvgIpc) is 3.36. The van der Waals surface area contributed by atoms with Crippen LogP contribution in [0.25, 0.3) is 0 Å². The van der Waals surface area contributed by atoms with Crippen LogP contribution in [-0.2, 0) is 11.3 Å². The molecule has 6 nitrogen and oxygen atoms in total. The van der Waals surface area contributed by atoms with Gasteiger partial charge in [0.05, 0.1) is 6.67 Å². The molecule has 2 fully saturated rings. The van der Waals surface area contributed by atoms with Crippen molar-refractivity contribution in [1.29, 1.82) is 0 Å². The van der Waals surface area contributed by atoms with Gasteiger partial charge in [0.25, 0.3) is 0 Å². The van der Waals surface area contributed by atoms with Gasteiger partial charge in [-0.3, -0.25) is 5.84 Å². The Morgan fingerprint density at radius 2 is 2.08 bits per heavy atom. The number of hydrogen-bond acceptors (Lipinski definition) is 6. The van der Waals surface area contributed by atoms with Crippen molar-refractivity contribution in [1.82, 2.24) is 5.01 Å². The lowest BCUT2D eigenvalue weighted by Crippen LogP contribution is -2.47. The van der Waals surface area contributed by atoms with Crippen LogP contribution in [-0.4, -0.2) is 50.6 Å². The molecule has 1 aromatic rings. The van der Waals surface area contributed by atoms with Crippen LogP contribution in [0.5, 0.6) is 0 Å². The van der Waals surface area contributed by atoms with Gasteiger partial charge in [0.15, 0.2) is 0 Å². The zero-order chi connectivity index (χ0) is 18.3. The third-order valence-corrected chi connectivity index (χ3v) is 6.29. The lowest BCUT2D eigenvalue weighted by Gasteiger charge is -2.39. The summed E-state index contributed by atoms with van der Waals surface area (Å²) in [4.78, 5) is 5.06. The second-order valence-electron chi connectivity index (χ2n) is 8.25. The van der Waals surface area contributed by atoms with Crippen molar-refractivity contribution in [2.24, 2.45) is 17.5 Å². The van der Waals surface area contributed by atoms with E-state index in [1.807, 2.05) is 5.01 Å². The largest absolute Gasteiger partial charge is 0.385 e. The van der Waals surface area contributed by atoms with E-state index in [-0.39, 0.29) is 6.04 Å². The maximum absolute atomic E-state index is 6.41. The number of hydrazine groups is 1. The van der Waals surface area contributed by atoms with Gasteiger partial charge < -0.3 is 20.3 Å². The van der Waals surface area contributed by atoms with Crippen LogP contribution in [0.15, 0.2) is 12.1 Å².